The number of aliphatic hydroxyl groups is 1. The standard InChI is InChI=1S/C12H11N5OS/c1-7(18)8-2-3-13-9(4-8)19-12-10-11(15-5-14-10)16-6-17-12/h2-7,18H,1H3,(H,14,15,16,17)/t7-/m1/s1. The number of hydrogen-bond donors (Lipinski definition) is 2. The predicted octanol–water partition coefficient (Wildman–Crippen LogP) is 1.95. The van der Waals surface area contributed by atoms with Crippen molar-refractivity contribution in [2.45, 2.75) is 23.1 Å². The van der Waals surface area contributed by atoms with E-state index < -0.39 is 6.10 Å². The number of aromatic amines is 1. The van der Waals surface area contributed by atoms with Crippen molar-refractivity contribution in [1.82, 2.24) is 24.9 Å². The summed E-state index contributed by atoms with van der Waals surface area (Å²) in [5, 5.41) is 11.1. The van der Waals surface area contributed by atoms with Crippen LogP contribution in [0.5, 0.6) is 0 Å². The van der Waals surface area contributed by atoms with Crippen molar-refractivity contribution in [3.63, 3.8) is 0 Å². The minimum absolute atomic E-state index is 0.514. The lowest BCUT2D eigenvalue weighted by Gasteiger charge is -2.06. The third kappa shape index (κ3) is 2.42. The quantitative estimate of drug-likeness (QED) is 0.709. The fourth-order valence-electron chi connectivity index (χ4n) is 1.66. The summed E-state index contributed by atoms with van der Waals surface area (Å²) in [5.41, 5.74) is 2.24. The van der Waals surface area contributed by atoms with Crippen LogP contribution < -0.4 is 0 Å². The molecule has 1 atom stereocenters. The smallest absolute Gasteiger partial charge is 0.181 e. The van der Waals surface area contributed by atoms with Crippen LogP contribution in [0.2, 0.25) is 0 Å². The molecule has 3 heterocycles. The van der Waals surface area contributed by atoms with Gasteiger partial charge in [0.25, 0.3) is 0 Å². The molecule has 19 heavy (non-hydrogen) atoms. The summed E-state index contributed by atoms with van der Waals surface area (Å²) in [6.07, 6.45) is 4.22. The SMILES string of the molecule is C[C@@H](O)c1ccnc(Sc2ncnc3nc[nH]c23)c1. The molecular weight excluding hydrogens is 262 g/mol. The van der Waals surface area contributed by atoms with Crippen LogP contribution >= 0.6 is 11.8 Å². The number of H-pyrrole nitrogens is 1. The molecule has 0 unspecified atom stereocenters. The van der Waals surface area contributed by atoms with Gasteiger partial charge in [-0.3, -0.25) is 0 Å². The van der Waals surface area contributed by atoms with Gasteiger partial charge in [-0.05, 0) is 36.4 Å². The van der Waals surface area contributed by atoms with Crippen LogP contribution in [-0.4, -0.2) is 30.0 Å². The Labute approximate surface area is 113 Å². The number of nitrogens with one attached hydrogen (secondary N) is 1. The summed E-state index contributed by atoms with van der Waals surface area (Å²) in [4.78, 5) is 19.7. The number of hydrogen-bond acceptors (Lipinski definition) is 6. The molecule has 7 heteroatoms. The fourth-order valence-corrected chi connectivity index (χ4v) is 2.52. The van der Waals surface area contributed by atoms with E-state index in [1.165, 1.54) is 18.1 Å². The Morgan fingerprint density at radius 1 is 1.26 bits per heavy atom. The number of nitrogens with zero attached hydrogens (tertiary/aromatic N) is 4. The third-order valence-electron chi connectivity index (χ3n) is 2.63. The maximum absolute atomic E-state index is 9.57. The van der Waals surface area contributed by atoms with Gasteiger partial charge in [0.2, 0.25) is 0 Å². The number of imidazole rings is 1. The molecule has 0 aliphatic carbocycles. The Kier molecular flexibility index (Phi) is 3.14. The number of aromatic nitrogens is 5. The molecule has 0 radical (unpaired) electrons. The second-order valence-corrected chi connectivity index (χ2v) is 4.99. The second-order valence-electron chi connectivity index (χ2n) is 3.99. The topological polar surface area (TPSA) is 87.6 Å². The summed E-state index contributed by atoms with van der Waals surface area (Å²) < 4.78 is 0. The summed E-state index contributed by atoms with van der Waals surface area (Å²) in [7, 11) is 0. The van der Waals surface area contributed by atoms with E-state index in [1.54, 1.807) is 25.5 Å². The molecule has 0 aliphatic rings. The summed E-state index contributed by atoms with van der Waals surface area (Å²) in [6.45, 7) is 1.72. The van der Waals surface area contributed by atoms with Crippen molar-refractivity contribution < 1.29 is 5.11 Å². The van der Waals surface area contributed by atoms with Crippen LogP contribution in [0, 0.1) is 0 Å². The van der Waals surface area contributed by atoms with Gasteiger partial charge >= 0.3 is 0 Å². The molecular formula is C12H11N5OS. The number of pyridine rings is 1. The highest BCUT2D eigenvalue weighted by Gasteiger charge is 2.09. The van der Waals surface area contributed by atoms with Crippen molar-refractivity contribution >= 4 is 22.9 Å². The van der Waals surface area contributed by atoms with E-state index in [0.717, 1.165) is 21.1 Å². The number of rotatable bonds is 3. The van der Waals surface area contributed by atoms with Gasteiger partial charge in [-0.25, -0.2) is 19.9 Å². The van der Waals surface area contributed by atoms with Crippen LogP contribution in [0.15, 0.2) is 41.0 Å². The van der Waals surface area contributed by atoms with Crippen molar-refractivity contribution in [1.29, 1.82) is 0 Å². The second kappa shape index (κ2) is 4.94. The van der Waals surface area contributed by atoms with Crippen LogP contribution in [0.1, 0.15) is 18.6 Å². The van der Waals surface area contributed by atoms with Crippen LogP contribution in [0.4, 0.5) is 0 Å². The molecule has 0 aliphatic heterocycles. The van der Waals surface area contributed by atoms with Crippen LogP contribution in [0.25, 0.3) is 11.2 Å². The van der Waals surface area contributed by atoms with Crippen LogP contribution in [0.3, 0.4) is 0 Å². The molecule has 6 nitrogen and oxygen atoms in total. The normalized spacial score (nSPS) is 12.7. The average molecular weight is 273 g/mol. The lowest BCUT2D eigenvalue weighted by atomic mass is 10.2. The first-order valence-electron chi connectivity index (χ1n) is 5.70. The molecule has 2 N–H and O–H groups in total. The highest BCUT2D eigenvalue weighted by molar-refractivity contribution is 7.99. The van der Waals surface area contributed by atoms with Gasteiger partial charge in [0.15, 0.2) is 5.65 Å². The van der Waals surface area contributed by atoms with Gasteiger partial charge in [0.1, 0.15) is 21.9 Å². The predicted molar refractivity (Wildman–Crippen MR) is 70.7 cm³/mol. The maximum atomic E-state index is 9.57. The molecule has 0 fully saturated rings. The maximum Gasteiger partial charge on any atom is 0.181 e. The number of aliphatic hydroxyl groups excluding tert-OH is 1. The lowest BCUT2D eigenvalue weighted by Crippen LogP contribution is -1.93. The first-order valence-corrected chi connectivity index (χ1v) is 6.51. The molecule has 0 spiro atoms. The van der Waals surface area contributed by atoms with Gasteiger partial charge in [-0.1, -0.05) is 0 Å². The van der Waals surface area contributed by atoms with E-state index in [0.29, 0.717) is 5.65 Å². The zero-order valence-electron chi connectivity index (χ0n) is 10.1. The lowest BCUT2D eigenvalue weighted by molar-refractivity contribution is 0.199. The molecule has 3 aromatic heterocycles. The Morgan fingerprint density at radius 3 is 3.00 bits per heavy atom. The molecule has 3 aromatic rings. The van der Waals surface area contributed by atoms with Crippen molar-refractivity contribution in [2.75, 3.05) is 0 Å². The molecule has 0 aromatic carbocycles. The fraction of sp³-hybridized carbons (Fsp3) is 0.167. The van der Waals surface area contributed by atoms with E-state index in [1.807, 2.05) is 6.07 Å². The van der Waals surface area contributed by atoms with Gasteiger partial charge in [0.05, 0.1) is 12.4 Å². The molecule has 0 amide bonds. The third-order valence-corrected chi connectivity index (χ3v) is 3.57. The van der Waals surface area contributed by atoms with Gasteiger partial charge < -0.3 is 10.1 Å². The monoisotopic (exact) mass is 273 g/mol. The highest BCUT2D eigenvalue weighted by atomic mass is 32.2. The minimum atomic E-state index is -0.514. The van der Waals surface area contributed by atoms with E-state index in [9.17, 15) is 5.11 Å². The van der Waals surface area contributed by atoms with Crippen molar-refractivity contribution in [3.8, 4) is 0 Å². The van der Waals surface area contributed by atoms with E-state index >= 15 is 0 Å². The van der Waals surface area contributed by atoms with Gasteiger partial charge in [-0.15, -0.1) is 0 Å². The minimum Gasteiger partial charge on any atom is -0.389 e. The van der Waals surface area contributed by atoms with E-state index in [2.05, 4.69) is 24.9 Å². The van der Waals surface area contributed by atoms with E-state index in [-0.39, 0.29) is 0 Å². The zero-order valence-corrected chi connectivity index (χ0v) is 10.9. The molecule has 0 saturated carbocycles. The summed E-state index contributed by atoms with van der Waals surface area (Å²) >= 11 is 1.41. The Morgan fingerprint density at radius 2 is 2.16 bits per heavy atom. The summed E-state index contributed by atoms with van der Waals surface area (Å²) in [5.74, 6) is 0. The molecule has 0 saturated heterocycles. The Hall–Kier alpha value is -1.99. The summed E-state index contributed by atoms with van der Waals surface area (Å²) in [6, 6.07) is 3.64. The van der Waals surface area contributed by atoms with Crippen LogP contribution in [-0.2, 0) is 0 Å². The van der Waals surface area contributed by atoms with E-state index in [4.69, 9.17) is 0 Å². The largest absolute Gasteiger partial charge is 0.389 e. The molecule has 0 bridgehead atoms. The molecule has 3 rings (SSSR count). The van der Waals surface area contributed by atoms with Gasteiger partial charge in [0, 0.05) is 6.20 Å². The highest BCUT2D eigenvalue weighted by Crippen LogP contribution is 2.29. The van der Waals surface area contributed by atoms with Crippen molar-refractivity contribution in [3.05, 3.63) is 36.5 Å². The number of fused-ring (bicyclic) bond motifs is 1. The van der Waals surface area contributed by atoms with Crippen molar-refractivity contribution in [2.24, 2.45) is 0 Å². The zero-order chi connectivity index (χ0) is 13.2. The van der Waals surface area contributed by atoms with Gasteiger partial charge in [-0.2, -0.15) is 0 Å². The first kappa shape index (κ1) is 12.1. The Balaban J connectivity index is 1.97. The Bertz CT molecular complexity index is 712. The molecule has 96 valence electrons. The average Bonchev–Trinajstić information content (AvgIpc) is 2.88. The first-order chi connectivity index (χ1) is 9.24.